The van der Waals surface area contributed by atoms with Crippen molar-refractivity contribution in [2.75, 3.05) is 6.61 Å². The fraction of sp³-hybridized carbons (Fsp3) is 0.320. The highest BCUT2D eigenvalue weighted by molar-refractivity contribution is 5.85. The topological polar surface area (TPSA) is 106 Å². The molecule has 1 aromatic heterocycles. The van der Waals surface area contributed by atoms with Gasteiger partial charge in [0.25, 0.3) is 5.91 Å². The quantitative estimate of drug-likeness (QED) is 0.495. The van der Waals surface area contributed by atoms with Crippen LogP contribution in [0.15, 0.2) is 57.7 Å². The Morgan fingerprint density at radius 2 is 1.84 bits per heavy atom. The lowest BCUT2D eigenvalue weighted by atomic mass is 10.00. The number of hydrogen-bond donors (Lipinski definition) is 2. The van der Waals surface area contributed by atoms with Crippen LogP contribution in [0.3, 0.4) is 0 Å². The van der Waals surface area contributed by atoms with E-state index in [2.05, 4.69) is 5.32 Å². The predicted molar refractivity (Wildman–Crippen MR) is 121 cm³/mol. The van der Waals surface area contributed by atoms with Crippen LogP contribution in [0, 0.1) is 12.8 Å². The lowest BCUT2D eigenvalue weighted by Crippen LogP contribution is -2.43. The molecule has 1 atom stereocenters. The van der Waals surface area contributed by atoms with Crippen LogP contribution in [0.4, 0.5) is 0 Å². The molecule has 0 aliphatic rings. The number of amides is 1. The molecule has 1 unspecified atom stereocenters. The fourth-order valence-electron chi connectivity index (χ4n) is 3.55. The van der Waals surface area contributed by atoms with E-state index in [4.69, 9.17) is 9.15 Å². The van der Waals surface area contributed by atoms with Crippen LogP contribution >= 0.6 is 0 Å². The van der Waals surface area contributed by atoms with Gasteiger partial charge in [-0.2, -0.15) is 0 Å². The first kappa shape index (κ1) is 23.1. The number of hydrogen-bond acceptors (Lipinski definition) is 5. The summed E-state index contributed by atoms with van der Waals surface area (Å²) in [4.78, 5) is 36.0. The van der Waals surface area contributed by atoms with Crippen LogP contribution < -0.4 is 15.7 Å². The number of carbonyl (C=O) groups is 2. The third kappa shape index (κ3) is 5.75. The molecule has 1 heterocycles. The summed E-state index contributed by atoms with van der Waals surface area (Å²) in [5.41, 5.74) is 2.41. The number of aliphatic carboxylic acids is 1. The van der Waals surface area contributed by atoms with E-state index in [0.717, 1.165) is 16.5 Å². The number of aryl methyl sites for hydroxylation is 1. The summed E-state index contributed by atoms with van der Waals surface area (Å²) in [6, 6.07) is 13.8. The molecule has 3 aromatic rings. The lowest BCUT2D eigenvalue weighted by Gasteiger charge is -2.16. The van der Waals surface area contributed by atoms with Gasteiger partial charge >= 0.3 is 11.6 Å². The van der Waals surface area contributed by atoms with Gasteiger partial charge in [-0.15, -0.1) is 0 Å². The average Bonchev–Trinajstić information content (AvgIpc) is 2.75. The van der Waals surface area contributed by atoms with E-state index in [0.29, 0.717) is 29.7 Å². The van der Waals surface area contributed by atoms with Gasteiger partial charge in [-0.25, -0.2) is 9.59 Å². The highest BCUT2D eigenvalue weighted by atomic mass is 16.5. The Balaban J connectivity index is 1.73. The number of carboxylic acids is 1. The third-order valence-electron chi connectivity index (χ3n) is 5.19. The molecule has 2 aromatic carbocycles. The molecule has 0 fully saturated rings. The first-order valence-electron chi connectivity index (χ1n) is 10.5. The van der Waals surface area contributed by atoms with Crippen molar-refractivity contribution in [3.05, 3.63) is 75.6 Å². The van der Waals surface area contributed by atoms with Crippen molar-refractivity contribution in [1.29, 1.82) is 0 Å². The predicted octanol–water partition coefficient (Wildman–Crippen LogP) is 3.69. The molecule has 32 heavy (non-hydrogen) atoms. The van der Waals surface area contributed by atoms with Crippen molar-refractivity contribution < 1.29 is 23.8 Å². The number of carbonyl (C=O) groups excluding carboxylic acids is 1. The van der Waals surface area contributed by atoms with Gasteiger partial charge in [-0.05, 0) is 42.5 Å². The minimum absolute atomic E-state index is 0.121. The molecule has 3 rings (SSSR count). The van der Waals surface area contributed by atoms with Crippen molar-refractivity contribution in [3.63, 3.8) is 0 Å². The molecule has 0 saturated heterocycles. The molecule has 0 aliphatic heterocycles. The van der Waals surface area contributed by atoms with Crippen molar-refractivity contribution in [2.45, 2.75) is 39.7 Å². The zero-order chi connectivity index (χ0) is 23.3. The molecule has 2 N–H and O–H groups in total. The molecule has 1 amide bonds. The van der Waals surface area contributed by atoms with Crippen LogP contribution in [-0.4, -0.2) is 29.6 Å². The van der Waals surface area contributed by atoms with Crippen LogP contribution in [0.2, 0.25) is 0 Å². The Hall–Kier alpha value is -3.61. The second-order valence-corrected chi connectivity index (χ2v) is 8.19. The number of fused-ring (bicyclic) bond motifs is 1. The van der Waals surface area contributed by atoms with E-state index in [9.17, 15) is 19.5 Å². The average molecular weight is 437 g/mol. The highest BCUT2D eigenvalue weighted by Crippen LogP contribution is 2.25. The fourth-order valence-corrected chi connectivity index (χ4v) is 3.55. The van der Waals surface area contributed by atoms with Gasteiger partial charge in [0.05, 0.1) is 0 Å². The summed E-state index contributed by atoms with van der Waals surface area (Å²) in [5.74, 6) is -1.15. The monoisotopic (exact) mass is 437 g/mol. The van der Waals surface area contributed by atoms with Gasteiger partial charge in [0.15, 0.2) is 6.61 Å². The standard InChI is InChI=1S/C25H27NO6/c1-15(2)11-21(24(28)29)26-23(27)14-31-18-9-10-19-16(3)20(25(30)32-22(19)13-18)12-17-7-5-4-6-8-17/h4-10,13,15,21H,11-12,14H2,1-3H3,(H,26,27)(H,28,29). The number of ether oxygens (including phenoxy) is 1. The van der Waals surface area contributed by atoms with Gasteiger partial charge in [0.2, 0.25) is 0 Å². The number of carboxylic acid groups (broad SMARTS) is 1. The second-order valence-electron chi connectivity index (χ2n) is 8.19. The number of rotatable bonds is 9. The Labute approximate surface area is 186 Å². The Bertz CT molecular complexity index is 1170. The van der Waals surface area contributed by atoms with E-state index >= 15 is 0 Å². The smallest absolute Gasteiger partial charge is 0.340 e. The summed E-state index contributed by atoms with van der Waals surface area (Å²) >= 11 is 0. The molecular weight excluding hydrogens is 410 g/mol. The lowest BCUT2D eigenvalue weighted by molar-refractivity contribution is -0.142. The van der Waals surface area contributed by atoms with Crippen LogP contribution in [0.5, 0.6) is 5.75 Å². The third-order valence-corrected chi connectivity index (χ3v) is 5.19. The van der Waals surface area contributed by atoms with Crippen LogP contribution in [0.25, 0.3) is 11.0 Å². The van der Waals surface area contributed by atoms with Crippen LogP contribution in [-0.2, 0) is 16.0 Å². The van der Waals surface area contributed by atoms with Crippen molar-refractivity contribution in [1.82, 2.24) is 5.32 Å². The van der Waals surface area contributed by atoms with Crippen molar-refractivity contribution >= 4 is 22.8 Å². The summed E-state index contributed by atoms with van der Waals surface area (Å²) in [7, 11) is 0. The highest BCUT2D eigenvalue weighted by Gasteiger charge is 2.21. The summed E-state index contributed by atoms with van der Waals surface area (Å²) in [6.07, 6.45) is 0.803. The first-order chi connectivity index (χ1) is 15.2. The van der Waals surface area contributed by atoms with E-state index < -0.39 is 23.5 Å². The van der Waals surface area contributed by atoms with Crippen molar-refractivity contribution in [3.8, 4) is 5.75 Å². The number of benzene rings is 2. The van der Waals surface area contributed by atoms with Gasteiger partial charge in [0.1, 0.15) is 17.4 Å². The minimum Gasteiger partial charge on any atom is -0.484 e. The summed E-state index contributed by atoms with van der Waals surface area (Å²) in [5, 5.41) is 12.5. The molecule has 0 bridgehead atoms. The molecule has 0 spiro atoms. The largest absolute Gasteiger partial charge is 0.484 e. The summed E-state index contributed by atoms with van der Waals surface area (Å²) in [6.45, 7) is 5.30. The van der Waals surface area contributed by atoms with E-state index in [1.54, 1.807) is 18.2 Å². The maximum atomic E-state index is 12.6. The molecular formula is C25H27NO6. The minimum atomic E-state index is -1.08. The maximum Gasteiger partial charge on any atom is 0.340 e. The zero-order valence-electron chi connectivity index (χ0n) is 18.4. The summed E-state index contributed by atoms with van der Waals surface area (Å²) < 4.78 is 11.0. The molecule has 7 nitrogen and oxygen atoms in total. The maximum absolute atomic E-state index is 12.6. The molecule has 0 aliphatic carbocycles. The SMILES string of the molecule is Cc1c(Cc2ccccc2)c(=O)oc2cc(OCC(=O)NC(CC(C)C)C(=O)O)ccc12. The van der Waals surface area contributed by atoms with Gasteiger partial charge < -0.3 is 19.6 Å². The van der Waals surface area contributed by atoms with Gasteiger partial charge in [-0.3, -0.25) is 4.79 Å². The Kier molecular flexibility index (Phi) is 7.30. The second kappa shape index (κ2) is 10.1. The van der Waals surface area contributed by atoms with E-state index in [1.807, 2.05) is 51.1 Å². The van der Waals surface area contributed by atoms with Gasteiger partial charge in [0, 0.05) is 23.4 Å². The number of nitrogens with one attached hydrogen (secondary N) is 1. The molecule has 7 heteroatoms. The van der Waals surface area contributed by atoms with E-state index in [-0.39, 0.29) is 12.5 Å². The molecule has 0 saturated carbocycles. The van der Waals surface area contributed by atoms with E-state index in [1.165, 1.54) is 0 Å². The Morgan fingerprint density at radius 1 is 1.12 bits per heavy atom. The molecule has 0 radical (unpaired) electrons. The van der Waals surface area contributed by atoms with Crippen LogP contribution in [0.1, 0.15) is 37.0 Å². The Morgan fingerprint density at radius 3 is 2.50 bits per heavy atom. The van der Waals surface area contributed by atoms with Crippen molar-refractivity contribution in [2.24, 2.45) is 5.92 Å². The normalized spacial score (nSPS) is 12.0. The van der Waals surface area contributed by atoms with Gasteiger partial charge in [-0.1, -0.05) is 44.2 Å². The first-order valence-corrected chi connectivity index (χ1v) is 10.5. The zero-order valence-corrected chi connectivity index (χ0v) is 18.4. The molecule has 168 valence electrons.